The Morgan fingerprint density at radius 1 is 1.37 bits per heavy atom. The number of hydrogen-bond donors (Lipinski definition) is 1. The fourth-order valence-corrected chi connectivity index (χ4v) is 2.30. The van der Waals surface area contributed by atoms with Crippen molar-refractivity contribution in [3.8, 4) is 5.75 Å². The van der Waals surface area contributed by atoms with Crippen LogP contribution in [0.5, 0.6) is 5.75 Å². The number of nitrogens with zero attached hydrogens (tertiary/aromatic N) is 2. The second-order valence-electron chi connectivity index (χ2n) is 4.53. The van der Waals surface area contributed by atoms with Crippen LogP contribution in [-0.4, -0.2) is 34.4 Å². The van der Waals surface area contributed by atoms with Gasteiger partial charge in [0.15, 0.2) is 0 Å². The highest BCUT2D eigenvalue weighted by Crippen LogP contribution is 2.18. The number of rotatable bonds is 2. The number of methoxy groups -OCH3 is 1. The van der Waals surface area contributed by atoms with Gasteiger partial charge in [-0.25, -0.2) is 4.98 Å². The van der Waals surface area contributed by atoms with Crippen molar-refractivity contribution in [3.05, 3.63) is 47.5 Å². The molecule has 19 heavy (non-hydrogen) atoms. The number of aromatic nitrogens is 2. The highest BCUT2D eigenvalue weighted by Gasteiger charge is 2.23. The summed E-state index contributed by atoms with van der Waals surface area (Å²) >= 11 is 0. The summed E-state index contributed by atoms with van der Waals surface area (Å²) in [5.74, 6) is 0.793. The van der Waals surface area contributed by atoms with Crippen LogP contribution in [0.3, 0.4) is 0 Å². The van der Waals surface area contributed by atoms with E-state index < -0.39 is 0 Å². The average molecular weight is 257 g/mol. The largest absolute Gasteiger partial charge is 0.497 e. The van der Waals surface area contributed by atoms with Crippen LogP contribution in [0.4, 0.5) is 0 Å². The molecule has 1 amide bonds. The Bertz CT molecular complexity index is 589. The summed E-state index contributed by atoms with van der Waals surface area (Å²) < 4.78 is 5.09. The van der Waals surface area contributed by atoms with Crippen LogP contribution in [0.1, 0.15) is 21.7 Å². The van der Waals surface area contributed by atoms with E-state index in [1.165, 1.54) is 0 Å². The molecular formula is C14H15N3O2. The molecule has 3 rings (SSSR count). The van der Waals surface area contributed by atoms with Crippen LogP contribution < -0.4 is 4.74 Å². The normalized spacial score (nSPS) is 14.1. The molecule has 0 saturated heterocycles. The minimum atomic E-state index is 0.0382. The van der Waals surface area contributed by atoms with Gasteiger partial charge in [-0.15, -0.1) is 0 Å². The van der Waals surface area contributed by atoms with E-state index >= 15 is 0 Å². The molecule has 2 heterocycles. The number of carbonyl (C=O) groups excluding carboxylic acids is 1. The molecule has 1 aliphatic heterocycles. The standard InChI is InChI=1S/C14H15N3O2/c1-19-11-4-2-10(3-5-11)14(18)17-7-6-12-13(8-17)16-9-15-12/h2-5,9H,6-8H2,1H3,(H,15,16). The van der Waals surface area contributed by atoms with E-state index in [2.05, 4.69) is 9.97 Å². The zero-order valence-electron chi connectivity index (χ0n) is 10.7. The maximum atomic E-state index is 12.4. The van der Waals surface area contributed by atoms with Crippen molar-refractivity contribution in [1.82, 2.24) is 14.9 Å². The van der Waals surface area contributed by atoms with E-state index in [0.29, 0.717) is 12.1 Å². The smallest absolute Gasteiger partial charge is 0.254 e. The number of hydrogen-bond acceptors (Lipinski definition) is 3. The van der Waals surface area contributed by atoms with Gasteiger partial charge in [0.05, 0.1) is 25.7 Å². The van der Waals surface area contributed by atoms with E-state index in [1.807, 2.05) is 4.90 Å². The van der Waals surface area contributed by atoms with Crippen LogP contribution in [0, 0.1) is 0 Å². The summed E-state index contributed by atoms with van der Waals surface area (Å²) in [6.45, 7) is 1.30. The van der Waals surface area contributed by atoms with Gasteiger partial charge < -0.3 is 14.6 Å². The van der Waals surface area contributed by atoms with E-state index in [-0.39, 0.29) is 5.91 Å². The number of amides is 1. The summed E-state index contributed by atoms with van der Waals surface area (Å²) in [6.07, 6.45) is 2.52. The first-order chi connectivity index (χ1) is 9.28. The molecule has 1 aromatic carbocycles. The fraction of sp³-hybridized carbons (Fsp3) is 0.286. The average Bonchev–Trinajstić information content (AvgIpc) is 2.94. The van der Waals surface area contributed by atoms with Crippen molar-refractivity contribution in [3.63, 3.8) is 0 Å². The third-order valence-electron chi connectivity index (χ3n) is 3.40. The van der Waals surface area contributed by atoms with Crippen molar-refractivity contribution in [1.29, 1.82) is 0 Å². The number of H-pyrrole nitrogens is 1. The molecule has 0 unspecified atom stereocenters. The lowest BCUT2D eigenvalue weighted by Gasteiger charge is -2.26. The van der Waals surface area contributed by atoms with E-state index in [1.54, 1.807) is 37.7 Å². The van der Waals surface area contributed by atoms with Crippen LogP contribution in [0.15, 0.2) is 30.6 Å². The second kappa shape index (κ2) is 4.76. The van der Waals surface area contributed by atoms with Gasteiger partial charge in [-0.1, -0.05) is 0 Å². The molecule has 0 fully saturated rings. The molecule has 0 aliphatic carbocycles. The highest BCUT2D eigenvalue weighted by atomic mass is 16.5. The predicted molar refractivity (Wildman–Crippen MR) is 70.0 cm³/mol. The predicted octanol–water partition coefficient (Wildman–Crippen LogP) is 1.62. The van der Waals surface area contributed by atoms with E-state index in [0.717, 1.165) is 30.1 Å². The first-order valence-electron chi connectivity index (χ1n) is 6.22. The molecule has 0 atom stereocenters. The van der Waals surface area contributed by atoms with E-state index in [4.69, 9.17) is 4.74 Å². The third kappa shape index (κ3) is 2.19. The first-order valence-corrected chi connectivity index (χ1v) is 6.22. The van der Waals surface area contributed by atoms with Gasteiger partial charge in [0.2, 0.25) is 0 Å². The van der Waals surface area contributed by atoms with Gasteiger partial charge in [0.25, 0.3) is 5.91 Å². The van der Waals surface area contributed by atoms with Gasteiger partial charge in [-0.2, -0.15) is 0 Å². The lowest BCUT2D eigenvalue weighted by Crippen LogP contribution is -2.36. The Kier molecular flexibility index (Phi) is 2.95. The molecule has 1 N–H and O–H groups in total. The quantitative estimate of drug-likeness (QED) is 0.889. The molecule has 5 heteroatoms. The van der Waals surface area contributed by atoms with E-state index in [9.17, 15) is 4.79 Å². The zero-order valence-corrected chi connectivity index (χ0v) is 10.7. The van der Waals surface area contributed by atoms with Crippen molar-refractivity contribution in [2.45, 2.75) is 13.0 Å². The summed E-state index contributed by atoms with van der Waals surface area (Å²) in [6, 6.07) is 7.19. The van der Waals surface area contributed by atoms with Crippen LogP contribution in [-0.2, 0) is 13.0 Å². The molecular weight excluding hydrogens is 242 g/mol. The Hall–Kier alpha value is -2.30. The molecule has 1 aliphatic rings. The van der Waals surface area contributed by atoms with Crippen molar-refractivity contribution in [2.75, 3.05) is 13.7 Å². The van der Waals surface area contributed by atoms with Crippen LogP contribution in [0.25, 0.3) is 0 Å². The Morgan fingerprint density at radius 2 is 2.16 bits per heavy atom. The van der Waals surface area contributed by atoms with Crippen molar-refractivity contribution in [2.24, 2.45) is 0 Å². The lowest BCUT2D eigenvalue weighted by molar-refractivity contribution is 0.0732. The molecule has 0 bridgehead atoms. The Balaban J connectivity index is 1.77. The maximum Gasteiger partial charge on any atom is 0.254 e. The minimum Gasteiger partial charge on any atom is -0.497 e. The molecule has 1 aromatic heterocycles. The lowest BCUT2D eigenvalue weighted by atomic mass is 10.1. The summed E-state index contributed by atoms with van der Waals surface area (Å²) in [7, 11) is 1.61. The van der Waals surface area contributed by atoms with Gasteiger partial charge in [-0.05, 0) is 24.3 Å². The molecule has 98 valence electrons. The SMILES string of the molecule is COc1ccc(C(=O)N2CCc3[nH]cnc3C2)cc1. The summed E-state index contributed by atoms with van der Waals surface area (Å²) in [5, 5.41) is 0. The van der Waals surface area contributed by atoms with Gasteiger partial charge >= 0.3 is 0 Å². The van der Waals surface area contributed by atoms with Gasteiger partial charge in [0.1, 0.15) is 5.75 Å². The summed E-state index contributed by atoms with van der Waals surface area (Å²) in [5.41, 5.74) is 2.78. The number of ether oxygens (including phenoxy) is 1. The number of imidazole rings is 1. The second-order valence-corrected chi connectivity index (χ2v) is 4.53. The van der Waals surface area contributed by atoms with Gasteiger partial charge in [0, 0.05) is 24.2 Å². The number of benzene rings is 1. The number of aromatic amines is 1. The number of nitrogens with one attached hydrogen (secondary N) is 1. The highest BCUT2D eigenvalue weighted by molar-refractivity contribution is 5.94. The van der Waals surface area contributed by atoms with Crippen molar-refractivity contribution < 1.29 is 9.53 Å². The van der Waals surface area contributed by atoms with Crippen LogP contribution in [0.2, 0.25) is 0 Å². The first kappa shape index (κ1) is 11.8. The fourth-order valence-electron chi connectivity index (χ4n) is 2.30. The number of carbonyl (C=O) groups is 1. The van der Waals surface area contributed by atoms with Gasteiger partial charge in [-0.3, -0.25) is 4.79 Å². The Morgan fingerprint density at radius 3 is 2.89 bits per heavy atom. The zero-order chi connectivity index (χ0) is 13.2. The molecule has 0 saturated carbocycles. The topological polar surface area (TPSA) is 58.2 Å². The third-order valence-corrected chi connectivity index (χ3v) is 3.40. The molecule has 2 aromatic rings. The van der Waals surface area contributed by atoms with Crippen molar-refractivity contribution >= 4 is 5.91 Å². The van der Waals surface area contributed by atoms with Crippen LogP contribution >= 0.6 is 0 Å². The Labute approximate surface area is 111 Å². The monoisotopic (exact) mass is 257 g/mol. The minimum absolute atomic E-state index is 0.0382. The maximum absolute atomic E-state index is 12.4. The molecule has 0 radical (unpaired) electrons. The summed E-state index contributed by atoms with van der Waals surface area (Å²) in [4.78, 5) is 21.5. The molecule has 0 spiro atoms. The number of fused-ring (bicyclic) bond motifs is 1. The molecule has 5 nitrogen and oxygen atoms in total.